The molecule has 0 spiro atoms. The highest BCUT2D eigenvalue weighted by atomic mass is 32.2. The minimum Gasteiger partial charge on any atom is -0.466 e. The van der Waals surface area contributed by atoms with Crippen molar-refractivity contribution in [2.24, 2.45) is 0 Å². The van der Waals surface area contributed by atoms with E-state index in [1.54, 1.807) is 31.3 Å². The molecule has 3 rings (SSSR count). The van der Waals surface area contributed by atoms with Crippen molar-refractivity contribution in [2.45, 2.75) is 31.4 Å². The molecule has 148 valence electrons. The molecule has 2 amide bonds. The van der Waals surface area contributed by atoms with Gasteiger partial charge in [-0.2, -0.15) is 0 Å². The van der Waals surface area contributed by atoms with Gasteiger partial charge in [0.2, 0.25) is 5.91 Å². The third-order valence-corrected chi connectivity index (χ3v) is 5.82. The summed E-state index contributed by atoms with van der Waals surface area (Å²) in [6.07, 6.45) is 0.555. The van der Waals surface area contributed by atoms with Crippen LogP contribution in [0.25, 0.3) is 0 Å². The molecule has 0 bridgehead atoms. The first-order valence-electron chi connectivity index (χ1n) is 8.87. The molecule has 0 aliphatic carbocycles. The molecule has 0 radical (unpaired) electrons. The zero-order chi connectivity index (χ0) is 20.3. The third kappa shape index (κ3) is 4.06. The molecule has 8 heteroatoms. The number of anilines is 1. The molecule has 28 heavy (non-hydrogen) atoms. The Morgan fingerprint density at radius 2 is 1.93 bits per heavy atom. The number of benzene rings is 1. The molecule has 1 saturated heterocycles. The summed E-state index contributed by atoms with van der Waals surface area (Å²) in [4.78, 5) is 40.4. The van der Waals surface area contributed by atoms with Gasteiger partial charge in [-0.25, -0.2) is 4.79 Å². The molecule has 7 nitrogen and oxygen atoms in total. The van der Waals surface area contributed by atoms with Crippen LogP contribution in [0.4, 0.5) is 5.69 Å². The Morgan fingerprint density at radius 1 is 1.21 bits per heavy atom. The molecule has 1 aliphatic rings. The van der Waals surface area contributed by atoms with Gasteiger partial charge in [0.1, 0.15) is 17.2 Å². The molecular formula is C20H22N2O5S. The van der Waals surface area contributed by atoms with Crippen LogP contribution in [0.3, 0.4) is 0 Å². The molecule has 2 heterocycles. The quantitative estimate of drug-likeness (QED) is 0.716. The number of amides is 2. The Morgan fingerprint density at radius 3 is 2.54 bits per heavy atom. The van der Waals surface area contributed by atoms with Crippen molar-refractivity contribution in [1.29, 1.82) is 0 Å². The molecular weight excluding hydrogens is 380 g/mol. The van der Waals surface area contributed by atoms with E-state index in [4.69, 9.17) is 9.15 Å². The SMILES string of the molecule is CC(=O)N1[C@@H](c2ccco2)SC[C@H]1C(=O)O[C@H](C)C(=O)N(C)c1ccccc1. The first kappa shape index (κ1) is 20.0. The van der Waals surface area contributed by atoms with E-state index in [-0.39, 0.29) is 17.2 Å². The normalized spacial score (nSPS) is 19.9. The van der Waals surface area contributed by atoms with E-state index in [2.05, 4.69) is 0 Å². The average Bonchev–Trinajstić information content (AvgIpc) is 3.36. The number of rotatable bonds is 5. The molecule has 1 fully saturated rings. The highest BCUT2D eigenvalue weighted by Crippen LogP contribution is 2.41. The van der Waals surface area contributed by atoms with E-state index >= 15 is 0 Å². The second kappa shape index (κ2) is 8.52. The summed E-state index contributed by atoms with van der Waals surface area (Å²) in [5.41, 5.74) is 0.704. The Kier molecular flexibility index (Phi) is 6.08. The summed E-state index contributed by atoms with van der Waals surface area (Å²) in [5, 5.41) is -0.386. The summed E-state index contributed by atoms with van der Waals surface area (Å²) in [6.45, 7) is 2.93. The number of hydrogen-bond acceptors (Lipinski definition) is 6. The molecule has 1 aromatic carbocycles. The minimum absolute atomic E-state index is 0.256. The lowest BCUT2D eigenvalue weighted by atomic mass is 10.2. The van der Waals surface area contributed by atoms with Crippen LogP contribution < -0.4 is 4.90 Å². The summed E-state index contributed by atoms with van der Waals surface area (Å²) in [7, 11) is 1.63. The van der Waals surface area contributed by atoms with Crippen molar-refractivity contribution in [3.63, 3.8) is 0 Å². The third-order valence-electron chi connectivity index (χ3n) is 4.54. The number of thioether (sulfide) groups is 1. The number of nitrogens with zero attached hydrogens (tertiary/aromatic N) is 2. The van der Waals surface area contributed by atoms with Crippen LogP contribution in [0.1, 0.15) is 25.0 Å². The highest BCUT2D eigenvalue weighted by Gasteiger charge is 2.43. The number of carbonyl (C=O) groups excluding carboxylic acids is 3. The average molecular weight is 402 g/mol. The maximum absolute atomic E-state index is 12.7. The first-order valence-corrected chi connectivity index (χ1v) is 9.92. The van der Waals surface area contributed by atoms with E-state index in [1.807, 2.05) is 18.2 Å². The van der Waals surface area contributed by atoms with Gasteiger partial charge >= 0.3 is 5.97 Å². The molecule has 0 unspecified atom stereocenters. The first-order chi connectivity index (χ1) is 13.4. The van der Waals surface area contributed by atoms with Gasteiger partial charge in [0.05, 0.1) is 6.26 Å². The summed E-state index contributed by atoms with van der Waals surface area (Å²) in [5.74, 6) is -0.224. The molecule has 1 aromatic heterocycles. The minimum atomic E-state index is -0.973. The smallest absolute Gasteiger partial charge is 0.330 e. The lowest BCUT2D eigenvalue weighted by Crippen LogP contribution is -2.45. The van der Waals surface area contributed by atoms with Crippen LogP contribution in [0.15, 0.2) is 53.1 Å². The van der Waals surface area contributed by atoms with E-state index in [0.717, 1.165) is 0 Å². The van der Waals surface area contributed by atoms with E-state index in [0.29, 0.717) is 17.2 Å². The Labute approximate surface area is 167 Å². The van der Waals surface area contributed by atoms with Gasteiger partial charge in [-0.05, 0) is 31.2 Å². The highest BCUT2D eigenvalue weighted by molar-refractivity contribution is 7.99. The number of furan rings is 1. The van der Waals surface area contributed by atoms with Gasteiger partial charge in [-0.15, -0.1) is 11.8 Å². The molecule has 3 atom stereocenters. The van der Waals surface area contributed by atoms with Crippen molar-refractivity contribution in [2.75, 3.05) is 17.7 Å². The zero-order valence-corrected chi connectivity index (χ0v) is 16.7. The second-order valence-corrected chi connectivity index (χ2v) is 7.57. The number of para-hydroxylation sites is 1. The van der Waals surface area contributed by atoms with E-state index < -0.39 is 18.1 Å². The molecule has 1 aliphatic heterocycles. The Balaban J connectivity index is 1.68. The number of carbonyl (C=O) groups is 3. The Bertz CT molecular complexity index is 840. The van der Waals surface area contributed by atoms with Crippen molar-refractivity contribution in [1.82, 2.24) is 4.90 Å². The maximum Gasteiger partial charge on any atom is 0.330 e. The van der Waals surface area contributed by atoms with E-state index in [9.17, 15) is 14.4 Å². The number of likely N-dealkylation sites (N-methyl/N-ethyl adjacent to an activating group) is 1. The van der Waals surface area contributed by atoms with Crippen molar-refractivity contribution < 1.29 is 23.5 Å². The van der Waals surface area contributed by atoms with E-state index in [1.165, 1.54) is 41.7 Å². The monoisotopic (exact) mass is 402 g/mol. The fourth-order valence-electron chi connectivity index (χ4n) is 3.08. The lowest BCUT2D eigenvalue weighted by Gasteiger charge is -2.27. The molecule has 2 aromatic rings. The van der Waals surface area contributed by atoms with Crippen LogP contribution in [-0.2, 0) is 19.1 Å². The number of hydrogen-bond donors (Lipinski definition) is 0. The van der Waals surface area contributed by atoms with Crippen LogP contribution in [0.2, 0.25) is 0 Å². The summed E-state index contributed by atoms with van der Waals surface area (Å²) in [6, 6.07) is 11.8. The largest absolute Gasteiger partial charge is 0.466 e. The second-order valence-electron chi connectivity index (χ2n) is 6.46. The predicted octanol–water partition coefficient (Wildman–Crippen LogP) is 2.84. The van der Waals surface area contributed by atoms with Crippen LogP contribution in [0, 0.1) is 0 Å². The Hall–Kier alpha value is -2.74. The van der Waals surface area contributed by atoms with Crippen molar-refractivity contribution in [3.8, 4) is 0 Å². The fraction of sp³-hybridized carbons (Fsp3) is 0.350. The standard InChI is InChI=1S/C20H22N2O5S/c1-13(18(24)21(3)15-8-5-4-6-9-15)27-20(25)16-12-28-19(22(16)14(2)23)17-10-7-11-26-17/h4-11,13,16,19H,12H2,1-3H3/t13-,16+,19-/m1/s1. The van der Waals surface area contributed by atoms with Gasteiger partial charge in [0.15, 0.2) is 6.10 Å². The summed E-state index contributed by atoms with van der Waals surface area (Å²) < 4.78 is 10.8. The van der Waals surface area contributed by atoms with Gasteiger partial charge < -0.3 is 19.0 Å². The van der Waals surface area contributed by atoms with Crippen LogP contribution >= 0.6 is 11.8 Å². The van der Waals surface area contributed by atoms with Crippen LogP contribution in [-0.4, -0.2) is 47.6 Å². The number of ether oxygens (including phenoxy) is 1. The fourth-order valence-corrected chi connectivity index (χ4v) is 4.49. The van der Waals surface area contributed by atoms with Crippen molar-refractivity contribution >= 4 is 35.2 Å². The summed E-state index contributed by atoms with van der Waals surface area (Å²) >= 11 is 1.43. The van der Waals surface area contributed by atoms with Gasteiger partial charge in [0.25, 0.3) is 5.91 Å². The lowest BCUT2D eigenvalue weighted by molar-refractivity contribution is -0.160. The number of esters is 1. The van der Waals surface area contributed by atoms with Gasteiger partial charge in [-0.3, -0.25) is 9.59 Å². The molecule has 0 N–H and O–H groups in total. The maximum atomic E-state index is 12.7. The topological polar surface area (TPSA) is 80.1 Å². The predicted molar refractivity (Wildman–Crippen MR) is 106 cm³/mol. The van der Waals surface area contributed by atoms with Crippen molar-refractivity contribution in [3.05, 3.63) is 54.5 Å². The van der Waals surface area contributed by atoms with Gasteiger partial charge in [-0.1, -0.05) is 18.2 Å². The van der Waals surface area contributed by atoms with Gasteiger partial charge in [0, 0.05) is 25.4 Å². The molecule has 0 saturated carbocycles. The zero-order valence-electron chi connectivity index (χ0n) is 15.9. The van der Waals surface area contributed by atoms with Crippen LogP contribution in [0.5, 0.6) is 0 Å².